The van der Waals surface area contributed by atoms with Gasteiger partial charge in [0.2, 0.25) is 5.91 Å². The highest BCUT2D eigenvalue weighted by molar-refractivity contribution is 9.10. The van der Waals surface area contributed by atoms with Crippen LogP contribution in [0.2, 0.25) is 0 Å². The fourth-order valence-corrected chi connectivity index (χ4v) is 2.71. The number of rotatable bonds is 5. The van der Waals surface area contributed by atoms with E-state index in [-0.39, 0.29) is 0 Å². The number of carbonyl (C=O) groups excluding carboxylic acids is 1. The minimum atomic E-state index is -0.418. The van der Waals surface area contributed by atoms with E-state index in [4.69, 9.17) is 5.73 Å². The Balaban J connectivity index is 2.09. The molecule has 0 spiro atoms. The van der Waals surface area contributed by atoms with Crippen LogP contribution < -0.4 is 11.1 Å². The summed E-state index contributed by atoms with van der Waals surface area (Å²) in [4.78, 5) is 11.0. The molecule has 0 unspecified atom stereocenters. The van der Waals surface area contributed by atoms with Gasteiger partial charge in [-0.25, -0.2) is 0 Å². The van der Waals surface area contributed by atoms with Crippen LogP contribution in [0.25, 0.3) is 0 Å². The predicted molar refractivity (Wildman–Crippen MR) is 82.6 cm³/mol. The third kappa shape index (κ3) is 3.01. The number of carbonyl (C=O) groups is 1. The lowest BCUT2D eigenvalue weighted by atomic mass is 10.2. The number of amides is 1. The third-order valence-electron chi connectivity index (χ3n) is 3.13. The van der Waals surface area contributed by atoms with E-state index in [0.29, 0.717) is 12.1 Å². The second kappa shape index (κ2) is 6.09. The molecule has 0 atom stereocenters. The minimum absolute atomic E-state index is 0.418. The van der Waals surface area contributed by atoms with Crippen molar-refractivity contribution < 1.29 is 4.79 Å². The van der Waals surface area contributed by atoms with Gasteiger partial charge in [0.25, 0.3) is 0 Å². The molecule has 3 N–H and O–H groups in total. The predicted octanol–water partition coefficient (Wildman–Crippen LogP) is 2.46. The average molecular weight is 337 g/mol. The normalized spacial score (nSPS) is 10.6. The van der Waals surface area contributed by atoms with Gasteiger partial charge in [-0.1, -0.05) is 6.92 Å². The summed E-state index contributed by atoms with van der Waals surface area (Å²) in [5, 5.41) is 7.75. The molecule has 6 heteroatoms. The van der Waals surface area contributed by atoms with Crippen molar-refractivity contribution in [1.82, 2.24) is 9.78 Å². The van der Waals surface area contributed by atoms with E-state index in [1.165, 1.54) is 0 Å². The van der Waals surface area contributed by atoms with Crippen LogP contribution in [0.15, 0.2) is 28.7 Å². The van der Waals surface area contributed by atoms with Gasteiger partial charge in [0.1, 0.15) is 0 Å². The number of primary amides is 1. The zero-order chi connectivity index (χ0) is 14.7. The first kappa shape index (κ1) is 14.6. The van der Waals surface area contributed by atoms with E-state index < -0.39 is 5.91 Å². The summed E-state index contributed by atoms with van der Waals surface area (Å²) in [6.45, 7) is 2.73. The molecule has 0 aliphatic heterocycles. The molecule has 0 bridgehead atoms. The molecule has 20 heavy (non-hydrogen) atoms. The number of halogens is 1. The van der Waals surface area contributed by atoms with Crippen molar-refractivity contribution in [1.29, 1.82) is 0 Å². The summed E-state index contributed by atoms with van der Waals surface area (Å²) in [5.74, 6) is -0.418. The Labute approximate surface area is 126 Å². The fraction of sp³-hybridized carbons (Fsp3) is 0.286. The number of benzene rings is 1. The van der Waals surface area contributed by atoms with Crippen LogP contribution in [-0.2, 0) is 20.0 Å². The van der Waals surface area contributed by atoms with E-state index in [2.05, 4.69) is 33.3 Å². The number of hydrogen-bond acceptors (Lipinski definition) is 3. The number of aryl methyl sites for hydroxylation is 2. The largest absolute Gasteiger partial charge is 0.379 e. The van der Waals surface area contributed by atoms with Crippen LogP contribution in [0.4, 0.5) is 5.69 Å². The number of nitrogens with one attached hydrogen (secondary N) is 1. The Morgan fingerprint density at radius 1 is 1.40 bits per heavy atom. The van der Waals surface area contributed by atoms with Crippen LogP contribution in [0.1, 0.15) is 28.7 Å². The summed E-state index contributed by atoms with van der Waals surface area (Å²) in [7, 11) is 1.93. The topological polar surface area (TPSA) is 72.9 Å². The SMILES string of the molecule is CCc1nn(C)c(CNc2ccc(C(N)=O)cc2)c1Br. The standard InChI is InChI=1S/C14H17BrN4O/c1-3-11-13(15)12(19(2)18-11)8-17-10-6-4-9(5-7-10)14(16)20/h4-7,17H,3,8H2,1-2H3,(H2,16,20). The van der Waals surface area contributed by atoms with E-state index >= 15 is 0 Å². The van der Waals surface area contributed by atoms with Crippen LogP contribution in [0, 0.1) is 0 Å². The minimum Gasteiger partial charge on any atom is -0.379 e. The summed E-state index contributed by atoms with van der Waals surface area (Å²) < 4.78 is 2.91. The molecule has 2 rings (SSSR count). The lowest BCUT2D eigenvalue weighted by Crippen LogP contribution is -2.11. The summed E-state index contributed by atoms with van der Waals surface area (Å²) >= 11 is 3.58. The highest BCUT2D eigenvalue weighted by Crippen LogP contribution is 2.22. The molecular weight excluding hydrogens is 320 g/mol. The summed E-state index contributed by atoms with van der Waals surface area (Å²) in [6.07, 6.45) is 0.891. The Kier molecular flexibility index (Phi) is 4.44. The van der Waals surface area contributed by atoms with Crippen molar-refractivity contribution in [3.63, 3.8) is 0 Å². The van der Waals surface area contributed by atoms with Crippen molar-refractivity contribution in [3.05, 3.63) is 45.7 Å². The van der Waals surface area contributed by atoms with E-state index in [9.17, 15) is 4.79 Å². The van der Waals surface area contributed by atoms with Crippen molar-refractivity contribution >= 4 is 27.5 Å². The smallest absolute Gasteiger partial charge is 0.248 e. The number of hydrogen-bond donors (Lipinski definition) is 2. The van der Waals surface area contributed by atoms with Crippen LogP contribution in [0.3, 0.4) is 0 Å². The van der Waals surface area contributed by atoms with Crippen molar-refractivity contribution in [2.45, 2.75) is 19.9 Å². The quantitative estimate of drug-likeness (QED) is 0.880. The zero-order valence-corrected chi connectivity index (χ0v) is 13.1. The van der Waals surface area contributed by atoms with Crippen molar-refractivity contribution in [2.24, 2.45) is 12.8 Å². The molecule has 0 fully saturated rings. The summed E-state index contributed by atoms with van der Waals surface area (Å²) in [6, 6.07) is 7.09. The molecular formula is C14H17BrN4O. The molecule has 1 aromatic carbocycles. The van der Waals surface area contributed by atoms with Crippen molar-refractivity contribution in [2.75, 3.05) is 5.32 Å². The monoisotopic (exact) mass is 336 g/mol. The van der Waals surface area contributed by atoms with Gasteiger partial charge < -0.3 is 11.1 Å². The van der Waals surface area contributed by atoms with Crippen LogP contribution in [0.5, 0.6) is 0 Å². The molecule has 2 aromatic rings. The third-order valence-corrected chi connectivity index (χ3v) is 4.05. The van der Waals surface area contributed by atoms with Gasteiger partial charge in [-0.3, -0.25) is 9.48 Å². The highest BCUT2D eigenvalue weighted by atomic mass is 79.9. The Morgan fingerprint density at radius 3 is 2.55 bits per heavy atom. The number of nitrogens with zero attached hydrogens (tertiary/aromatic N) is 2. The molecule has 0 saturated carbocycles. The highest BCUT2D eigenvalue weighted by Gasteiger charge is 2.12. The van der Waals surface area contributed by atoms with Gasteiger partial charge >= 0.3 is 0 Å². The van der Waals surface area contributed by atoms with Crippen molar-refractivity contribution in [3.8, 4) is 0 Å². The van der Waals surface area contributed by atoms with E-state index in [1.54, 1.807) is 12.1 Å². The maximum Gasteiger partial charge on any atom is 0.248 e. The number of aromatic nitrogens is 2. The van der Waals surface area contributed by atoms with Gasteiger partial charge in [-0.15, -0.1) is 0 Å². The molecule has 1 amide bonds. The first-order valence-corrected chi connectivity index (χ1v) is 7.16. The molecule has 0 aliphatic carbocycles. The maximum atomic E-state index is 11.0. The van der Waals surface area contributed by atoms with Gasteiger partial charge in [0.05, 0.1) is 22.4 Å². The first-order chi connectivity index (χ1) is 9.52. The summed E-state index contributed by atoms with van der Waals surface area (Å²) in [5.41, 5.74) is 8.78. The number of anilines is 1. The molecule has 0 saturated heterocycles. The lowest BCUT2D eigenvalue weighted by Gasteiger charge is -2.08. The van der Waals surface area contributed by atoms with Gasteiger partial charge in [0, 0.05) is 18.3 Å². The zero-order valence-electron chi connectivity index (χ0n) is 11.5. The fourth-order valence-electron chi connectivity index (χ4n) is 1.95. The van der Waals surface area contributed by atoms with Gasteiger partial charge in [-0.05, 0) is 46.6 Å². The Hall–Kier alpha value is -1.82. The molecule has 106 valence electrons. The van der Waals surface area contributed by atoms with Gasteiger partial charge in [0.15, 0.2) is 0 Å². The molecule has 0 aliphatic rings. The molecule has 1 heterocycles. The van der Waals surface area contributed by atoms with E-state index in [1.807, 2.05) is 23.9 Å². The average Bonchev–Trinajstić information content (AvgIpc) is 2.71. The maximum absolute atomic E-state index is 11.0. The Morgan fingerprint density at radius 2 is 2.05 bits per heavy atom. The van der Waals surface area contributed by atoms with Gasteiger partial charge in [-0.2, -0.15) is 5.10 Å². The van der Waals surface area contributed by atoms with Crippen LogP contribution in [-0.4, -0.2) is 15.7 Å². The van der Waals surface area contributed by atoms with Crippen LogP contribution >= 0.6 is 15.9 Å². The lowest BCUT2D eigenvalue weighted by molar-refractivity contribution is 0.100. The first-order valence-electron chi connectivity index (χ1n) is 6.37. The van der Waals surface area contributed by atoms with E-state index in [0.717, 1.165) is 28.0 Å². The number of nitrogens with two attached hydrogens (primary N) is 1. The Bertz CT molecular complexity index is 619. The molecule has 5 nitrogen and oxygen atoms in total. The second-order valence-electron chi connectivity index (χ2n) is 4.48. The molecule has 1 aromatic heterocycles. The molecule has 0 radical (unpaired) electrons. The second-order valence-corrected chi connectivity index (χ2v) is 5.27.